The number of hydrogen-bond donors (Lipinski definition) is 2. The molecule has 4 heteroatoms. The zero-order valence-corrected chi connectivity index (χ0v) is 20.6. The lowest BCUT2D eigenvalue weighted by atomic mass is 9.91. The summed E-state index contributed by atoms with van der Waals surface area (Å²) in [5.41, 5.74) is 7.59. The van der Waals surface area contributed by atoms with Crippen molar-refractivity contribution in [2.45, 2.75) is 64.7 Å². The molecule has 0 saturated carbocycles. The highest BCUT2D eigenvalue weighted by molar-refractivity contribution is 7.51. The van der Waals surface area contributed by atoms with Crippen LogP contribution in [0.25, 0.3) is 22.3 Å². The van der Waals surface area contributed by atoms with Crippen LogP contribution in [0.5, 0.6) is 0 Å². The highest BCUT2D eigenvalue weighted by atomic mass is 31.2. The minimum atomic E-state index is -3.88. The highest BCUT2D eigenvalue weighted by Crippen LogP contribution is 2.36. The van der Waals surface area contributed by atoms with Gasteiger partial charge in [-0.15, -0.1) is 0 Å². The molecule has 0 radical (unpaired) electrons. The second-order valence-corrected chi connectivity index (χ2v) is 10.7. The fourth-order valence-corrected chi connectivity index (χ4v) is 4.92. The Balaban J connectivity index is 1.74. The molecule has 3 rings (SSSR count). The Hall–Kier alpha value is -2.19. The molecule has 0 fully saturated rings. The van der Waals surface area contributed by atoms with Crippen molar-refractivity contribution < 1.29 is 14.4 Å². The maximum Gasteiger partial charge on any atom is 0.325 e. The third kappa shape index (κ3) is 8.59. The van der Waals surface area contributed by atoms with E-state index in [9.17, 15) is 4.57 Å². The third-order valence-electron chi connectivity index (χ3n) is 6.17. The van der Waals surface area contributed by atoms with E-state index in [0.717, 1.165) is 25.7 Å². The summed E-state index contributed by atoms with van der Waals surface area (Å²) in [5.74, 6) is 0. The van der Waals surface area contributed by atoms with Crippen molar-refractivity contribution in [1.29, 1.82) is 0 Å². The first-order valence-electron chi connectivity index (χ1n) is 12.3. The standard InChI is InChI=1S/C29H37O3P/c1-2-3-4-7-12-24-16-19-27(20-17-24)28-21-18-25(13-8-6-11-22-33(30,31)32)23-29(28)26-14-9-5-10-15-26/h5,9-10,14-21,23H,2-4,6-8,11-13,22H2,1H3,(H2,30,31,32). The molecular weight excluding hydrogens is 427 g/mol. The smallest absolute Gasteiger partial charge is 0.324 e. The van der Waals surface area contributed by atoms with Gasteiger partial charge in [-0.25, -0.2) is 0 Å². The molecule has 2 N–H and O–H groups in total. The van der Waals surface area contributed by atoms with Crippen molar-refractivity contribution in [3.05, 3.63) is 83.9 Å². The Morgan fingerprint density at radius 2 is 1.24 bits per heavy atom. The summed E-state index contributed by atoms with van der Waals surface area (Å²) in [6, 6.07) is 26.3. The van der Waals surface area contributed by atoms with E-state index in [0.29, 0.717) is 6.42 Å². The van der Waals surface area contributed by atoms with Gasteiger partial charge in [0.2, 0.25) is 0 Å². The molecule has 0 spiro atoms. The quantitative estimate of drug-likeness (QED) is 0.199. The zero-order chi connectivity index (χ0) is 23.5. The van der Waals surface area contributed by atoms with Crippen LogP contribution in [0.2, 0.25) is 0 Å². The lowest BCUT2D eigenvalue weighted by Gasteiger charge is -2.14. The molecule has 0 heterocycles. The summed E-state index contributed by atoms with van der Waals surface area (Å²) in [6.07, 6.45) is 9.51. The number of unbranched alkanes of at least 4 members (excludes halogenated alkanes) is 5. The van der Waals surface area contributed by atoms with Crippen LogP contribution < -0.4 is 0 Å². The number of rotatable bonds is 13. The Morgan fingerprint density at radius 1 is 0.636 bits per heavy atom. The van der Waals surface area contributed by atoms with Crippen LogP contribution >= 0.6 is 7.60 Å². The summed E-state index contributed by atoms with van der Waals surface area (Å²) in [4.78, 5) is 18.1. The van der Waals surface area contributed by atoms with Gasteiger partial charge < -0.3 is 9.79 Å². The monoisotopic (exact) mass is 464 g/mol. The van der Waals surface area contributed by atoms with E-state index in [2.05, 4.69) is 73.7 Å². The maximum absolute atomic E-state index is 11.0. The normalized spacial score (nSPS) is 11.6. The van der Waals surface area contributed by atoms with E-state index in [1.807, 2.05) is 6.07 Å². The summed E-state index contributed by atoms with van der Waals surface area (Å²) < 4.78 is 11.0. The minimum absolute atomic E-state index is 0.0181. The highest BCUT2D eigenvalue weighted by Gasteiger charge is 2.12. The second-order valence-electron chi connectivity index (χ2n) is 8.95. The first-order valence-corrected chi connectivity index (χ1v) is 14.1. The SMILES string of the molecule is CCCCCCc1ccc(-c2ccc(CCCCCP(=O)(O)O)cc2-c2ccccc2)cc1. The molecular formula is C29H37O3P. The van der Waals surface area contributed by atoms with E-state index >= 15 is 0 Å². The molecule has 0 aromatic heterocycles. The summed E-state index contributed by atoms with van der Waals surface area (Å²) in [6.45, 7) is 2.25. The van der Waals surface area contributed by atoms with E-state index in [1.54, 1.807) is 0 Å². The molecule has 176 valence electrons. The first kappa shape index (κ1) is 25.4. The fourth-order valence-electron chi connectivity index (χ4n) is 4.29. The Kier molecular flexibility index (Phi) is 9.94. The van der Waals surface area contributed by atoms with Crippen molar-refractivity contribution in [3.63, 3.8) is 0 Å². The lowest BCUT2D eigenvalue weighted by molar-refractivity contribution is 0.371. The average molecular weight is 465 g/mol. The van der Waals surface area contributed by atoms with Gasteiger partial charge in [0, 0.05) is 6.16 Å². The molecule has 0 aliphatic heterocycles. The third-order valence-corrected chi connectivity index (χ3v) is 7.07. The zero-order valence-electron chi connectivity index (χ0n) is 19.7. The first-order chi connectivity index (χ1) is 16.0. The summed E-state index contributed by atoms with van der Waals surface area (Å²) >= 11 is 0. The molecule has 0 unspecified atom stereocenters. The fraction of sp³-hybridized carbons (Fsp3) is 0.379. The predicted molar refractivity (Wildman–Crippen MR) is 140 cm³/mol. The maximum atomic E-state index is 11.0. The van der Waals surface area contributed by atoms with Gasteiger partial charge in [-0.3, -0.25) is 4.57 Å². The molecule has 3 aromatic carbocycles. The van der Waals surface area contributed by atoms with E-state index in [-0.39, 0.29) is 6.16 Å². The van der Waals surface area contributed by atoms with Gasteiger partial charge in [-0.05, 0) is 65.5 Å². The van der Waals surface area contributed by atoms with E-state index < -0.39 is 7.60 Å². The van der Waals surface area contributed by atoms with Gasteiger partial charge in [0.25, 0.3) is 0 Å². The van der Waals surface area contributed by atoms with Crippen LogP contribution in [0, 0.1) is 0 Å². The molecule has 0 amide bonds. The van der Waals surface area contributed by atoms with Crippen molar-refractivity contribution >= 4 is 7.60 Å². The van der Waals surface area contributed by atoms with Crippen LogP contribution in [0.4, 0.5) is 0 Å². The Morgan fingerprint density at radius 3 is 1.91 bits per heavy atom. The molecule has 3 nitrogen and oxygen atoms in total. The topological polar surface area (TPSA) is 57.5 Å². The van der Waals surface area contributed by atoms with Crippen LogP contribution in [-0.4, -0.2) is 15.9 Å². The van der Waals surface area contributed by atoms with Crippen LogP contribution in [0.15, 0.2) is 72.8 Å². The van der Waals surface area contributed by atoms with Crippen molar-refractivity contribution in [1.82, 2.24) is 0 Å². The van der Waals surface area contributed by atoms with Gasteiger partial charge in [-0.1, -0.05) is 105 Å². The Labute approximate surface area is 199 Å². The van der Waals surface area contributed by atoms with Crippen molar-refractivity contribution in [2.75, 3.05) is 6.16 Å². The molecule has 3 aromatic rings. The van der Waals surface area contributed by atoms with Gasteiger partial charge in [0.1, 0.15) is 0 Å². The van der Waals surface area contributed by atoms with Gasteiger partial charge in [-0.2, -0.15) is 0 Å². The molecule has 0 saturated heterocycles. The average Bonchev–Trinajstić information content (AvgIpc) is 2.82. The largest absolute Gasteiger partial charge is 0.325 e. The van der Waals surface area contributed by atoms with E-state index in [4.69, 9.17) is 9.79 Å². The molecule has 0 atom stereocenters. The lowest BCUT2D eigenvalue weighted by Crippen LogP contribution is -1.93. The second kappa shape index (κ2) is 12.9. The molecule has 0 aliphatic carbocycles. The van der Waals surface area contributed by atoms with E-state index in [1.165, 1.54) is 59.1 Å². The predicted octanol–water partition coefficient (Wildman–Crippen LogP) is 8.03. The molecule has 33 heavy (non-hydrogen) atoms. The number of aryl methyl sites for hydroxylation is 2. The van der Waals surface area contributed by atoms with Crippen LogP contribution in [-0.2, 0) is 17.4 Å². The van der Waals surface area contributed by atoms with Gasteiger partial charge in [0.15, 0.2) is 0 Å². The van der Waals surface area contributed by atoms with Gasteiger partial charge in [0.05, 0.1) is 0 Å². The Bertz CT molecular complexity index is 1020. The van der Waals surface area contributed by atoms with Crippen LogP contribution in [0.3, 0.4) is 0 Å². The number of hydrogen-bond acceptors (Lipinski definition) is 1. The summed E-state index contributed by atoms with van der Waals surface area (Å²) in [7, 11) is -3.88. The van der Waals surface area contributed by atoms with Crippen molar-refractivity contribution in [3.8, 4) is 22.3 Å². The van der Waals surface area contributed by atoms with Crippen molar-refractivity contribution in [2.24, 2.45) is 0 Å². The molecule has 0 aliphatic rings. The number of benzene rings is 3. The minimum Gasteiger partial charge on any atom is -0.324 e. The summed E-state index contributed by atoms with van der Waals surface area (Å²) in [5, 5.41) is 0. The molecule has 0 bridgehead atoms. The van der Waals surface area contributed by atoms with Gasteiger partial charge >= 0.3 is 7.60 Å². The van der Waals surface area contributed by atoms with Crippen LogP contribution in [0.1, 0.15) is 63.0 Å².